The zero-order valence-corrected chi connectivity index (χ0v) is 14.5. The van der Waals surface area contributed by atoms with Gasteiger partial charge in [-0.05, 0) is 33.3 Å². The lowest BCUT2D eigenvalue weighted by molar-refractivity contribution is -0.360. The maximum absolute atomic E-state index is 12.6. The van der Waals surface area contributed by atoms with Gasteiger partial charge in [0.1, 0.15) is 0 Å². The van der Waals surface area contributed by atoms with Crippen LogP contribution in [0, 0.1) is 0 Å². The Bertz CT molecular complexity index is 687. The van der Waals surface area contributed by atoms with E-state index in [2.05, 4.69) is 5.32 Å². The molecule has 0 saturated carbocycles. The summed E-state index contributed by atoms with van der Waals surface area (Å²) in [6.07, 6.45) is -0.681. The average Bonchev–Trinajstić information content (AvgIpc) is 2.53. The number of nitrogens with one attached hydrogen (secondary N) is 1. The molecule has 0 radical (unpaired) electrons. The average molecular weight is 329 g/mol. The fourth-order valence-corrected chi connectivity index (χ4v) is 3.30. The van der Waals surface area contributed by atoms with Gasteiger partial charge >= 0.3 is 5.97 Å². The van der Waals surface area contributed by atoms with Gasteiger partial charge in [-0.3, -0.25) is 0 Å². The molecule has 1 aromatic rings. The first-order valence-corrected chi connectivity index (χ1v) is 8.24. The number of rotatable bonds is 4. The number of hydrogen-bond acceptors (Lipinski definition) is 5. The van der Waals surface area contributed by atoms with Gasteiger partial charge in [0.05, 0.1) is 12.2 Å². The van der Waals surface area contributed by atoms with Crippen LogP contribution >= 0.6 is 0 Å². The van der Waals surface area contributed by atoms with Crippen molar-refractivity contribution in [3.8, 4) is 0 Å². The van der Waals surface area contributed by atoms with Gasteiger partial charge in [0, 0.05) is 22.9 Å². The van der Waals surface area contributed by atoms with Crippen molar-refractivity contribution in [2.45, 2.75) is 46.2 Å². The maximum atomic E-state index is 12.6. The fourth-order valence-electron chi connectivity index (χ4n) is 3.30. The minimum absolute atomic E-state index is 0.232. The Hall–Kier alpha value is -2.11. The number of esters is 1. The molecule has 128 valence electrons. The fraction of sp³-hybridized carbons (Fsp3) is 0.421. The van der Waals surface area contributed by atoms with Gasteiger partial charge in [-0.15, -0.1) is 0 Å². The lowest BCUT2D eigenvalue weighted by Crippen LogP contribution is -2.44. The van der Waals surface area contributed by atoms with Crippen molar-refractivity contribution in [3.63, 3.8) is 0 Å². The third kappa shape index (κ3) is 2.97. The van der Waals surface area contributed by atoms with Crippen molar-refractivity contribution in [3.05, 3.63) is 58.4 Å². The third-order valence-corrected chi connectivity index (χ3v) is 4.32. The molecule has 24 heavy (non-hydrogen) atoms. The lowest BCUT2D eigenvalue weighted by atomic mass is 9.80. The van der Waals surface area contributed by atoms with E-state index >= 15 is 0 Å². The van der Waals surface area contributed by atoms with Crippen LogP contribution in [0.4, 0.5) is 0 Å². The second-order valence-corrected chi connectivity index (χ2v) is 5.98. The molecule has 2 heterocycles. The number of benzene rings is 1. The molecule has 2 aliphatic rings. The van der Waals surface area contributed by atoms with Crippen molar-refractivity contribution >= 4 is 5.97 Å². The molecular weight excluding hydrogens is 306 g/mol. The molecule has 3 rings (SSSR count). The Kier molecular flexibility index (Phi) is 4.73. The van der Waals surface area contributed by atoms with Crippen LogP contribution in [-0.2, 0) is 19.0 Å². The van der Waals surface area contributed by atoms with Gasteiger partial charge in [0.25, 0.3) is 0 Å². The molecule has 5 heteroatoms. The van der Waals surface area contributed by atoms with Crippen LogP contribution in [0.1, 0.15) is 39.2 Å². The summed E-state index contributed by atoms with van der Waals surface area (Å²) in [5, 5.41) is 3.28. The van der Waals surface area contributed by atoms with Gasteiger partial charge in [0.15, 0.2) is 12.6 Å². The topological polar surface area (TPSA) is 56.8 Å². The van der Waals surface area contributed by atoms with E-state index in [1.807, 2.05) is 58.0 Å². The zero-order chi connectivity index (χ0) is 17.3. The first-order chi connectivity index (χ1) is 11.5. The minimum Gasteiger partial charge on any atom is -0.463 e. The first-order valence-electron chi connectivity index (χ1n) is 8.24. The Morgan fingerprint density at radius 3 is 2.42 bits per heavy atom. The van der Waals surface area contributed by atoms with Crippen molar-refractivity contribution in [2.75, 3.05) is 6.61 Å². The molecule has 2 aliphatic heterocycles. The summed E-state index contributed by atoms with van der Waals surface area (Å²) in [5.41, 5.74) is 4.30. The van der Waals surface area contributed by atoms with E-state index in [1.165, 1.54) is 0 Å². The third-order valence-electron chi connectivity index (χ3n) is 4.32. The Labute approximate surface area is 142 Å². The van der Waals surface area contributed by atoms with Crippen molar-refractivity contribution < 1.29 is 19.0 Å². The quantitative estimate of drug-likeness (QED) is 0.860. The van der Waals surface area contributed by atoms with Gasteiger partial charge in [0.2, 0.25) is 0 Å². The summed E-state index contributed by atoms with van der Waals surface area (Å²) >= 11 is 0. The molecule has 1 fully saturated rings. The van der Waals surface area contributed by atoms with E-state index in [-0.39, 0.29) is 18.2 Å². The normalized spacial score (nSPS) is 26.8. The van der Waals surface area contributed by atoms with Gasteiger partial charge < -0.3 is 19.5 Å². The smallest absolute Gasteiger partial charge is 0.336 e. The highest BCUT2D eigenvalue weighted by Crippen LogP contribution is 2.43. The van der Waals surface area contributed by atoms with E-state index in [9.17, 15) is 4.79 Å². The number of carbonyl (C=O) groups excluding carboxylic acids is 1. The summed E-state index contributed by atoms with van der Waals surface area (Å²) in [6, 6.07) is 9.91. The number of dihydropyridines is 1. The van der Waals surface area contributed by atoms with Crippen molar-refractivity contribution in [1.29, 1.82) is 0 Å². The highest BCUT2D eigenvalue weighted by molar-refractivity contribution is 5.92. The molecule has 1 unspecified atom stereocenters. The minimum atomic E-state index is -0.449. The molecule has 1 N–H and O–H groups in total. The number of allylic oxidation sites excluding steroid dienone is 2. The SMILES string of the molecule is CCOC(=O)C1=C(C)NC(C)=C(C2OC(C)O2)C1c1ccccc1. The van der Waals surface area contributed by atoms with E-state index in [0.717, 1.165) is 22.5 Å². The molecule has 0 bridgehead atoms. The summed E-state index contributed by atoms with van der Waals surface area (Å²) < 4.78 is 16.8. The largest absolute Gasteiger partial charge is 0.463 e. The van der Waals surface area contributed by atoms with E-state index in [0.29, 0.717) is 12.2 Å². The van der Waals surface area contributed by atoms with Crippen LogP contribution in [-0.4, -0.2) is 25.2 Å². The summed E-state index contributed by atoms with van der Waals surface area (Å²) in [5.74, 6) is -0.558. The lowest BCUT2D eigenvalue weighted by Gasteiger charge is -2.41. The summed E-state index contributed by atoms with van der Waals surface area (Å²) in [6.45, 7) is 7.87. The molecule has 5 nitrogen and oxygen atoms in total. The number of ether oxygens (including phenoxy) is 3. The predicted octanol–water partition coefficient (Wildman–Crippen LogP) is 3.20. The van der Waals surface area contributed by atoms with Crippen molar-refractivity contribution in [2.24, 2.45) is 0 Å². The predicted molar refractivity (Wildman–Crippen MR) is 89.8 cm³/mol. The summed E-state index contributed by atoms with van der Waals surface area (Å²) in [7, 11) is 0. The molecule has 0 amide bonds. The van der Waals surface area contributed by atoms with Crippen LogP contribution in [0.5, 0.6) is 0 Å². The van der Waals surface area contributed by atoms with Gasteiger partial charge in [-0.25, -0.2) is 4.79 Å². The van der Waals surface area contributed by atoms with Gasteiger partial charge in [-0.2, -0.15) is 0 Å². The van der Waals surface area contributed by atoms with E-state index < -0.39 is 6.29 Å². The molecular formula is C19H23NO4. The Morgan fingerprint density at radius 2 is 1.83 bits per heavy atom. The molecule has 1 atom stereocenters. The summed E-state index contributed by atoms with van der Waals surface area (Å²) in [4.78, 5) is 12.6. The van der Waals surface area contributed by atoms with Crippen LogP contribution in [0.25, 0.3) is 0 Å². The van der Waals surface area contributed by atoms with Crippen LogP contribution < -0.4 is 5.32 Å². The second-order valence-electron chi connectivity index (χ2n) is 5.98. The maximum Gasteiger partial charge on any atom is 0.336 e. The van der Waals surface area contributed by atoms with Crippen molar-refractivity contribution in [1.82, 2.24) is 5.32 Å². The molecule has 0 spiro atoms. The zero-order valence-electron chi connectivity index (χ0n) is 14.5. The Balaban J connectivity index is 2.07. The van der Waals surface area contributed by atoms with Crippen LogP contribution in [0.3, 0.4) is 0 Å². The van der Waals surface area contributed by atoms with Crippen LogP contribution in [0.15, 0.2) is 52.9 Å². The molecule has 0 aromatic heterocycles. The highest BCUT2D eigenvalue weighted by Gasteiger charge is 2.42. The second kappa shape index (κ2) is 6.79. The van der Waals surface area contributed by atoms with E-state index in [1.54, 1.807) is 0 Å². The van der Waals surface area contributed by atoms with Gasteiger partial charge in [-0.1, -0.05) is 30.3 Å². The number of carbonyl (C=O) groups is 1. The molecule has 1 saturated heterocycles. The first kappa shape index (κ1) is 16.7. The monoisotopic (exact) mass is 329 g/mol. The number of hydrogen-bond donors (Lipinski definition) is 1. The molecule has 1 aromatic carbocycles. The standard InChI is InChI=1S/C19H23NO4/c1-5-22-18(21)15-11(2)20-12(3)16(19-23-13(4)24-19)17(15)14-9-7-6-8-10-14/h6-10,13,17,19-20H,5H2,1-4H3. The van der Waals surface area contributed by atoms with Crippen LogP contribution in [0.2, 0.25) is 0 Å². The highest BCUT2D eigenvalue weighted by atomic mass is 16.9. The van der Waals surface area contributed by atoms with E-state index in [4.69, 9.17) is 14.2 Å². The Morgan fingerprint density at radius 1 is 1.17 bits per heavy atom. The molecule has 0 aliphatic carbocycles.